The summed E-state index contributed by atoms with van der Waals surface area (Å²) >= 11 is 0. The molecule has 0 spiro atoms. The normalized spacial score (nSPS) is 11.6. The van der Waals surface area contributed by atoms with Gasteiger partial charge in [-0.1, -0.05) is 109 Å². The lowest BCUT2D eigenvalue weighted by molar-refractivity contribution is -0.189. The molecular formula is C36H46F4O2. The van der Waals surface area contributed by atoms with Gasteiger partial charge in [0.05, 0.1) is 0 Å². The van der Waals surface area contributed by atoms with Gasteiger partial charge in [-0.3, -0.25) is 0 Å². The first-order chi connectivity index (χ1) is 20.3. The van der Waals surface area contributed by atoms with E-state index in [9.17, 15) is 4.39 Å². The topological polar surface area (TPSA) is 18.5 Å². The summed E-state index contributed by atoms with van der Waals surface area (Å²) in [4.78, 5) is 0. The number of unbranched alkanes of at least 4 members (excludes halogenated alkanes) is 11. The molecule has 0 atom stereocenters. The second-order valence-electron chi connectivity index (χ2n) is 11.1. The summed E-state index contributed by atoms with van der Waals surface area (Å²) < 4.78 is 70.2. The van der Waals surface area contributed by atoms with Crippen molar-refractivity contribution in [3.8, 4) is 17.2 Å². The third-order valence-electron chi connectivity index (χ3n) is 7.56. The summed E-state index contributed by atoms with van der Waals surface area (Å²) in [7, 11) is 0. The molecule has 0 radical (unpaired) electrons. The van der Waals surface area contributed by atoms with Crippen LogP contribution in [0.2, 0.25) is 0 Å². The summed E-state index contributed by atoms with van der Waals surface area (Å²) in [5.41, 5.74) is 0.642. The Morgan fingerprint density at radius 1 is 0.548 bits per heavy atom. The van der Waals surface area contributed by atoms with Crippen LogP contribution < -0.4 is 9.47 Å². The van der Waals surface area contributed by atoms with E-state index < -0.39 is 29.1 Å². The van der Waals surface area contributed by atoms with Crippen LogP contribution in [-0.4, -0.2) is 0 Å². The Bertz CT molecular complexity index is 1180. The summed E-state index contributed by atoms with van der Waals surface area (Å²) in [5.74, 6) is -3.29. The van der Waals surface area contributed by atoms with E-state index in [1.165, 1.54) is 76.3 Å². The third-order valence-corrected chi connectivity index (χ3v) is 7.56. The van der Waals surface area contributed by atoms with Gasteiger partial charge in [0.1, 0.15) is 22.9 Å². The molecule has 0 fully saturated rings. The Morgan fingerprint density at radius 3 is 1.50 bits per heavy atom. The Hall–Kier alpha value is -3.02. The molecule has 230 valence electrons. The van der Waals surface area contributed by atoms with Crippen molar-refractivity contribution >= 4 is 0 Å². The molecule has 0 saturated carbocycles. The maximum Gasteiger partial charge on any atom is 0.432 e. The van der Waals surface area contributed by atoms with Crippen molar-refractivity contribution in [3.63, 3.8) is 0 Å². The standard InChI is InChI=1S/C36H46F4O2/c1-3-5-7-9-11-13-15-17-29-20-24-31(25-21-29)42-36(39,40)34-32(37)26-27-33(35(34)38)41-30-22-18-28(19-23-30)16-14-12-10-8-6-4-2/h18-27H,3-17H2,1-2H3. The summed E-state index contributed by atoms with van der Waals surface area (Å²) in [5, 5.41) is 0. The van der Waals surface area contributed by atoms with Crippen LogP contribution in [0.15, 0.2) is 60.7 Å². The molecule has 0 bridgehead atoms. The molecule has 0 saturated heterocycles. The molecule has 0 aromatic heterocycles. The zero-order valence-corrected chi connectivity index (χ0v) is 25.2. The monoisotopic (exact) mass is 586 g/mol. The van der Waals surface area contributed by atoms with Crippen LogP contribution in [0.4, 0.5) is 17.6 Å². The Balaban J connectivity index is 1.56. The van der Waals surface area contributed by atoms with E-state index >= 15 is 13.2 Å². The number of ether oxygens (including phenoxy) is 2. The van der Waals surface area contributed by atoms with E-state index in [1.54, 1.807) is 24.3 Å². The van der Waals surface area contributed by atoms with Crippen LogP contribution >= 0.6 is 0 Å². The quantitative estimate of drug-likeness (QED) is 0.0968. The number of aryl methyl sites for hydroxylation is 2. The van der Waals surface area contributed by atoms with Gasteiger partial charge in [0.2, 0.25) is 0 Å². The zero-order chi connectivity index (χ0) is 30.2. The lowest BCUT2D eigenvalue weighted by atomic mass is 10.0. The summed E-state index contributed by atoms with van der Waals surface area (Å²) in [6.45, 7) is 4.39. The highest BCUT2D eigenvalue weighted by Gasteiger charge is 2.42. The van der Waals surface area contributed by atoms with Gasteiger partial charge < -0.3 is 9.47 Å². The van der Waals surface area contributed by atoms with Gasteiger partial charge in [-0.25, -0.2) is 8.78 Å². The molecule has 2 nitrogen and oxygen atoms in total. The van der Waals surface area contributed by atoms with Crippen molar-refractivity contribution < 1.29 is 27.0 Å². The second-order valence-corrected chi connectivity index (χ2v) is 11.1. The van der Waals surface area contributed by atoms with Crippen LogP contribution in [-0.2, 0) is 19.0 Å². The molecule has 3 rings (SSSR count). The number of halogens is 4. The van der Waals surface area contributed by atoms with E-state index in [-0.39, 0.29) is 11.5 Å². The molecule has 0 heterocycles. The lowest BCUT2D eigenvalue weighted by Gasteiger charge is -2.20. The minimum atomic E-state index is -4.24. The van der Waals surface area contributed by atoms with E-state index in [4.69, 9.17) is 9.47 Å². The fraction of sp³-hybridized carbons (Fsp3) is 0.500. The smallest absolute Gasteiger partial charge is 0.432 e. The molecule has 0 unspecified atom stereocenters. The number of alkyl halides is 2. The van der Waals surface area contributed by atoms with Gasteiger partial charge in [-0.05, 0) is 73.2 Å². The van der Waals surface area contributed by atoms with E-state index in [1.807, 2.05) is 12.1 Å². The first-order valence-corrected chi connectivity index (χ1v) is 15.7. The molecule has 0 aliphatic carbocycles. The summed E-state index contributed by atoms with van der Waals surface area (Å²) in [6.07, 6.45) is 13.1. The van der Waals surface area contributed by atoms with Crippen molar-refractivity contribution in [2.24, 2.45) is 0 Å². The predicted octanol–water partition coefficient (Wildman–Crippen LogP) is 12.1. The average molecular weight is 587 g/mol. The molecule has 0 aliphatic rings. The van der Waals surface area contributed by atoms with Gasteiger partial charge in [0.15, 0.2) is 11.6 Å². The van der Waals surface area contributed by atoms with Crippen LogP contribution in [0.1, 0.15) is 114 Å². The van der Waals surface area contributed by atoms with Crippen molar-refractivity contribution in [2.45, 2.75) is 116 Å². The number of hydrogen-bond acceptors (Lipinski definition) is 2. The summed E-state index contributed by atoms with van der Waals surface area (Å²) in [6, 6.07) is 15.1. The van der Waals surface area contributed by atoms with E-state index in [2.05, 4.69) is 13.8 Å². The first-order valence-electron chi connectivity index (χ1n) is 15.7. The number of hydrogen-bond donors (Lipinski definition) is 0. The minimum absolute atomic E-state index is 0.172. The number of rotatable bonds is 20. The Labute approximate surface area is 249 Å². The fourth-order valence-electron chi connectivity index (χ4n) is 5.05. The van der Waals surface area contributed by atoms with Crippen LogP contribution in [0.3, 0.4) is 0 Å². The van der Waals surface area contributed by atoms with Gasteiger partial charge >= 0.3 is 6.11 Å². The zero-order valence-electron chi connectivity index (χ0n) is 25.2. The van der Waals surface area contributed by atoms with E-state index in [0.717, 1.165) is 55.4 Å². The lowest BCUT2D eigenvalue weighted by Crippen LogP contribution is -2.25. The van der Waals surface area contributed by atoms with Crippen LogP contribution in [0.25, 0.3) is 0 Å². The van der Waals surface area contributed by atoms with Crippen LogP contribution in [0, 0.1) is 11.6 Å². The highest BCUT2D eigenvalue weighted by molar-refractivity contribution is 5.39. The molecule has 0 aliphatic heterocycles. The molecule has 3 aromatic carbocycles. The largest absolute Gasteiger partial charge is 0.454 e. The molecular weight excluding hydrogens is 540 g/mol. The van der Waals surface area contributed by atoms with Gasteiger partial charge in [0.25, 0.3) is 0 Å². The Morgan fingerprint density at radius 2 is 1.00 bits per heavy atom. The predicted molar refractivity (Wildman–Crippen MR) is 163 cm³/mol. The second kappa shape index (κ2) is 17.8. The van der Waals surface area contributed by atoms with Crippen molar-refractivity contribution in [2.75, 3.05) is 0 Å². The van der Waals surface area contributed by atoms with Gasteiger partial charge in [-0.2, -0.15) is 8.78 Å². The molecule has 0 amide bonds. The highest BCUT2D eigenvalue weighted by atomic mass is 19.3. The number of benzene rings is 3. The van der Waals surface area contributed by atoms with Crippen molar-refractivity contribution in [3.05, 3.63) is 89.0 Å². The molecule has 6 heteroatoms. The van der Waals surface area contributed by atoms with Crippen molar-refractivity contribution in [1.82, 2.24) is 0 Å². The first kappa shape index (κ1) is 33.5. The highest BCUT2D eigenvalue weighted by Crippen LogP contribution is 2.39. The molecule has 42 heavy (non-hydrogen) atoms. The van der Waals surface area contributed by atoms with Crippen molar-refractivity contribution in [1.29, 1.82) is 0 Å². The molecule has 0 N–H and O–H groups in total. The van der Waals surface area contributed by atoms with Gasteiger partial charge in [-0.15, -0.1) is 0 Å². The Kier molecular flexibility index (Phi) is 14.2. The maximum atomic E-state index is 15.2. The minimum Gasteiger partial charge on any atom is -0.454 e. The van der Waals surface area contributed by atoms with E-state index in [0.29, 0.717) is 0 Å². The fourth-order valence-corrected chi connectivity index (χ4v) is 5.05. The third kappa shape index (κ3) is 11.0. The van der Waals surface area contributed by atoms with Gasteiger partial charge in [0, 0.05) is 0 Å². The molecule has 3 aromatic rings. The average Bonchev–Trinajstić information content (AvgIpc) is 2.97. The van der Waals surface area contributed by atoms with Crippen LogP contribution in [0.5, 0.6) is 17.2 Å². The SMILES string of the molecule is CCCCCCCCCc1ccc(OC(F)(F)c2c(F)ccc(Oc3ccc(CCCCCCCC)cc3)c2F)cc1. The maximum absolute atomic E-state index is 15.2.